The molecule has 0 aromatic rings. The first-order chi connectivity index (χ1) is 12.5. The summed E-state index contributed by atoms with van der Waals surface area (Å²) in [6, 6.07) is 0. The monoisotopic (exact) mass is 400 g/mol. The van der Waals surface area contributed by atoms with Gasteiger partial charge in [-0.2, -0.15) is 0 Å². The lowest BCUT2D eigenvalue weighted by Crippen LogP contribution is -2.62. The second kappa shape index (κ2) is 10.1. The summed E-state index contributed by atoms with van der Waals surface area (Å²) in [5.74, 6) is -2.06. The van der Waals surface area contributed by atoms with Crippen molar-refractivity contribution in [1.82, 2.24) is 0 Å². The molecule has 12 nitrogen and oxygen atoms in total. The van der Waals surface area contributed by atoms with Crippen molar-refractivity contribution in [2.75, 3.05) is 19.8 Å². The first-order valence-corrected chi connectivity index (χ1v) is 8.25. The molecule has 2 fully saturated rings. The van der Waals surface area contributed by atoms with Crippen molar-refractivity contribution < 1.29 is 59.9 Å². The molecule has 160 valence electrons. The molecule has 12 heteroatoms. The van der Waals surface area contributed by atoms with Crippen LogP contribution < -0.4 is 0 Å². The maximum absolute atomic E-state index is 10.00. The summed E-state index contributed by atoms with van der Waals surface area (Å²) in [5.41, 5.74) is 0. The van der Waals surface area contributed by atoms with Gasteiger partial charge in [0.2, 0.25) is 5.79 Å². The van der Waals surface area contributed by atoms with E-state index in [0.717, 1.165) is 0 Å². The van der Waals surface area contributed by atoms with Gasteiger partial charge >= 0.3 is 0 Å². The molecule has 8 N–H and O–H groups in total. The van der Waals surface area contributed by atoms with Crippen LogP contribution in [0.25, 0.3) is 0 Å². The molecule has 9 atom stereocenters. The Morgan fingerprint density at radius 3 is 1.81 bits per heavy atom. The lowest BCUT2D eigenvalue weighted by atomic mass is 9.99. The minimum absolute atomic E-state index is 0.167. The fraction of sp³-hybridized carbons (Fsp3) is 0.933. The molecule has 2 rings (SSSR count). The molecule has 0 bridgehead atoms. The van der Waals surface area contributed by atoms with E-state index in [4.69, 9.17) is 24.4 Å². The minimum atomic E-state index is -2.22. The quantitative estimate of drug-likeness (QED) is 0.219. The number of aliphatic hydroxyl groups is 8. The smallest absolute Gasteiger partial charge is 0.224 e. The molecule has 2 aliphatic rings. The number of hydrogen-bond donors (Lipinski definition) is 8. The molecule has 0 amide bonds. The van der Waals surface area contributed by atoms with Gasteiger partial charge in [-0.15, -0.1) is 0 Å². The zero-order valence-corrected chi connectivity index (χ0v) is 15.0. The molecule has 0 unspecified atom stereocenters. The topological polar surface area (TPSA) is 207 Å². The molecular formula is C15H28O12. The van der Waals surface area contributed by atoms with Crippen molar-refractivity contribution >= 4 is 5.78 Å². The van der Waals surface area contributed by atoms with Gasteiger partial charge in [0.15, 0.2) is 6.29 Å². The van der Waals surface area contributed by atoms with Crippen molar-refractivity contribution in [3.8, 4) is 0 Å². The largest absolute Gasteiger partial charge is 0.394 e. The van der Waals surface area contributed by atoms with E-state index in [1.54, 1.807) is 0 Å². The molecule has 0 aromatic carbocycles. The number of carbonyl (C=O) groups is 1. The number of hydrogen-bond acceptors (Lipinski definition) is 12. The average Bonchev–Trinajstić information content (AvgIpc) is 2.86. The van der Waals surface area contributed by atoms with Gasteiger partial charge in [0.25, 0.3) is 0 Å². The van der Waals surface area contributed by atoms with Gasteiger partial charge in [-0.25, -0.2) is 0 Å². The predicted octanol–water partition coefficient (Wildman–Crippen LogP) is -4.80. The first kappa shape index (κ1) is 24.3. The average molecular weight is 400 g/mol. The number of ketones is 1. The Kier molecular flexibility index (Phi) is 9.11. The standard InChI is InChI=1S/C12H22O11.C3H6O/c13-1-4-6(16)8(18)9(19)11(21-4)23-12(3-15)10(20)7(17)5(2-14)22-12;1-3(2)4/h4-11,13-20H,1-3H2;1-2H3/t4-,5-,6-,7-,8+,9-,10+,11-,12+;/m1./s1. The number of ether oxygens (including phenoxy) is 3. The zero-order chi connectivity index (χ0) is 20.9. The number of rotatable bonds is 5. The van der Waals surface area contributed by atoms with E-state index >= 15 is 0 Å². The van der Waals surface area contributed by atoms with Crippen LogP contribution in [0, 0.1) is 0 Å². The Morgan fingerprint density at radius 2 is 1.41 bits per heavy atom. The van der Waals surface area contributed by atoms with E-state index in [-0.39, 0.29) is 5.78 Å². The third-order valence-electron chi connectivity index (χ3n) is 4.07. The second-order valence-corrected chi connectivity index (χ2v) is 6.47. The summed E-state index contributed by atoms with van der Waals surface area (Å²) in [4.78, 5) is 9.44. The highest BCUT2D eigenvalue weighted by Gasteiger charge is 2.58. The van der Waals surface area contributed by atoms with Gasteiger partial charge in [-0.3, -0.25) is 0 Å². The lowest BCUT2D eigenvalue weighted by Gasteiger charge is -2.43. The summed E-state index contributed by atoms with van der Waals surface area (Å²) < 4.78 is 15.4. The molecule has 27 heavy (non-hydrogen) atoms. The number of Topliss-reactive ketones (excluding diaryl/α,β-unsaturated/α-hetero) is 1. The molecule has 2 aliphatic heterocycles. The fourth-order valence-electron chi connectivity index (χ4n) is 2.63. The zero-order valence-electron chi connectivity index (χ0n) is 15.0. The molecule has 0 radical (unpaired) electrons. The van der Waals surface area contributed by atoms with E-state index in [1.165, 1.54) is 13.8 Å². The van der Waals surface area contributed by atoms with Gasteiger partial charge < -0.3 is 59.9 Å². The van der Waals surface area contributed by atoms with Crippen LogP contribution in [-0.2, 0) is 19.0 Å². The van der Waals surface area contributed by atoms with E-state index < -0.39 is 74.6 Å². The van der Waals surface area contributed by atoms with E-state index in [1.807, 2.05) is 0 Å². The highest BCUT2D eigenvalue weighted by molar-refractivity contribution is 5.72. The molecule has 0 spiro atoms. The van der Waals surface area contributed by atoms with Crippen LogP contribution in [0.2, 0.25) is 0 Å². The summed E-state index contributed by atoms with van der Waals surface area (Å²) in [6.07, 6.45) is -12.7. The van der Waals surface area contributed by atoms with Crippen molar-refractivity contribution in [3.63, 3.8) is 0 Å². The third-order valence-corrected chi connectivity index (χ3v) is 4.07. The van der Waals surface area contributed by atoms with Gasteiger partial charge in [0.1, 0.15) is 55.1 Å². The first-order valence-electron chi connectivity index (χ1n) is 8.25. The highest BCUT2D eigenvalue weighted by atomic mass is 16.8. The SMILES string of the molecule is CC(C)=O.OC[C@H]1O[C@@](CO)(O[C@H]2O[C@H](CO)[C@@H](O)[C@H](O)[C@H]2O)[C@@H](O)[C@@H]1O. The summed E-state index contributed by atoms with van der Waals surface area (Å²) in [5, 5.41) is 76.7. The number of aliphatic hydroxyl groups excluding tert-OH is 8. The van der Waals surface area contributed by atoms with Crippen molar-refractivity contribution in [1.29, 1.82) is 0 Å². The molecule has 0 aliphatic carbocycles. The fourth-order valence-corrected chi connectivity index (χ4v) is 2.63. The van der Waals surface area contributed by atoms with Crippen molar-refractivity contribution in [2.24, 2.45) is 0 Å². The minimum Gasteiger partial charge on any atom is -0.394 e. The number of carbonyl (C=O) groups excluding carboxylic acids is 1. The Labute approximate surface area is 155 Å². The molecule has 0 aromatic heterocycles. The maximum atomic E-state index is 10.00. The van der Waals surface area contributed by atoms with Crippen LogP contribution in [0.3, 0.4) is 0 Å². The summed E-state index contributed by atoms with van der Waals surface area (Å²) in [6.45, 7) is 0.733. The van der Waals surface area contributed by atoms with E-state index in [2.05, 4.69) is 0 Å². The van der Waals surface area contributed by atoms with Gasteiger partial charge in [-0.05, 0) is 13.8 Å². The van der Waals surface area contributed by atoms with Crippen LogP contribution in [0.15, 0.2) is 0 Å². The highest BCUT2D eigenvalue weighted by Crippen LogP contribution is 2.35. The Hall–Kier alpha value is -0.770. The van der Waals surface area contributed by atoms with E-state index in [9.17, 15) is 35.4 Å². The summed E-state index contributed by atoms with van der Waals surface area (Å²) in [7, 11) is 0. The van der Waals surface area contributed by atoms with Gasteiger partial charge in [0, 0.05) is 0 Å². The van der Waals surface area contributed by atoms with Gasteiger partial charge in [-0.1, -0.05) is 0 Å². The molecular weight excluding hydrogens is 372 g/mol. The van der Waals surface area contributed by atoms with Crippen LogP contribution in [0.1, 0.15) is 13.8 Å². The normalized spacial score (nSPS) is 44.5. The van der Waals surface area contributed by atoms with Crippen molar-refractivity contribution in [2.45, 2.75) is 68.7 Å². The summed E-state index contributed by atoms with van der Waals surface area (Å²) >= 11 is 0. The predicted molar refractivity (Wildman–Crippen MR) is 85.0 cm³/mol. The third kappa shape index (κ3) is 5.40. The maximum Gasteiger partial charge on any atom is 0.224 e. The molecule has 0 saturated carbocycles. The molecule has 2 saturated heterocycles. The Morgan fingerprint density at radius 1 is 0.889 bits per heavy atom. The van der Waals surface area contributed by atoms with Gasteiger partial charge in [0.05, 0.1) is 13.2 Å². The van der Waals surface area contributed by atoms with Crippen LogP contribution in [-0.4, -0.2) is 121 Å². The molecule has 2 heterocycles. The Bertz CT molecular complexity index is 470. The second-order valence-electron chi connectivity index (χ2n) is 6.47. The Balaban J connectivity index is 0.000000828. The van der Waals surface area contributed by atoms with E-state index in [0.29, 0.717) is 0 Å². The van der Waals surface area contributed by atoms with Crippen LogP contribution >= 0.6 is 0 Å². The van der Waals surface area contributed by atoms with Crippen LogP contribution in [0.4, 0.5) is 0 Å². The lowest BCUT2D eigenvalue weighted by molar-refractivity contribution is -0.383. The van der Waals surface area contributed by atoms with Crippen molar-refractivity contribution in [3.05, 3.63) is 0 Å². The van der Waals surface area contributed by atoms with Crippen LogP contribution in [0.5, 0.6) is 0 Å².